The first-order valence-electron chi connectivity index (χ1n) is 11.2. The van der Waals surface area contributed by atoms with E-state index in [-0.39, 0.29) is 11.7 Å². The first-order valence-corrected chi connectivity index (χ1v) is 12.0. The van der Waals surface area contributed by atoms with Crippen LogP contribution in [0.1, 0.15) is 43.9 Å². The van der Waals surface area contributed by atoms with Crippen molar-refractivity contribution in [3.63, 3.8) is 0 Å². The zero-order valence-corrected chi connectivity index (χ0v) is 18.9. The fraction of sp³-hybridized carbons (Fsp3) is 0.500. The van der Waals surface area contributed by atoms with Crippen LogP contribution in [0.25, 0.3) is 15.9 Å². The Morgan fingerprint density at radius 1 is 1.16 bits per heavy atom. The van der Waals surface area contributed by atoms with Gasteiger partial charge in [-0.2, -0.15) is 0 Å². The molecule has 3 aromatic rings. The van der Waals surface area contributed by atoms with Crippen molar-refractivity contribution in [1.82, 2.24) is 14.5 Å². The van der Waals surface area contributed by atoms with Crippen LogP contribution in [0.3, 0.4) is 0 Å². The van der Waals surface area contributed by atoms with Gasteiger partial charge in [0.2, 0.25) is 0 Å². The van der Waals surface area contributed by atoms with Crippen molar-refractivity contribution in [2.75, 3.05) is 13.7 Å². The Kier molecular flexibility index (Phi) is 5.82. The van der Waals surface area contributed by atoms with Crippen LogP contribution in [0.2, 0.25) is 0 Å². The van der Waals surface area contributed by atoms with Gasteiger partial charge < -0.3 is 14.4 Å². The second-order valence-corrected chi connectivity index (χ2v) is 9.79. The molecule has 6 nitrogen and oxygen atoms in total. The molecule has 2 aliphatic heterocycles. The van der Waals surface area contributed by atoms with E-state index >= 15 is 0 Å². The molecule has 7 heteroatoms. The molecule has 0 radical (unpaired) electrons. The average molecular weight is 440 g/mol. The highest BCUT2D eigenvalue weighted by molar-refractivity contribution is 7.18. The van der Waals surface area contributed by atoms with Crippen LogP contribution in [0.15, 0.2) is 41.5 Å². The highest BCUT2D eigenvalue weighted by atomic mass is 32.1. The first kappa shape index (κ1) is 20.7. The number of benzene rings is 1. The number of ether oxygens (including phenoxy) is 2. The van der Waals surface area contributed by atoms with Crippen LogP contribution in [0.4, 0.5) is 0 Å². The Morgan fingerprint density at radius 3 is 2.61 bits per heavy atom. The van der Waals surface area contributed by atoms with Crippen molar-refractivity contribution < 1.29 is 9.47 Å². The van der Waals surface area contributed by atoms with Gasteiger partial charge in [-0.25, -0.2) is 4.98 Å². The van der Waals surface area contributed by atoms with Crippen LogP contribution in [-0.2, 0) is 11.3 Å². The second-order valence-electron chi connectivity index (χ2n) is 8.66. The summed E-state index contributed by atoms with van der Waals surface area (Å²) in [5, 5.41) is 0. The molecule has 164 valence electrons. The molecule has 31 heavy (non-hydrogen) atoms. The average Bonchev–Trinajstić information content (AvgIpc) is 3.26. The molecule has 2 aromatic heterocycles. The second kappa shape index (κ2) is 8.73. The molecule has 0 amide bonds. The summed E-state index contributed by atoms with van der Waals surface area (Å²) in [6, 6.07) is 11.1. The number of thiophene rings is 1. The number of nitrogens with zero attached hydrogens (tertiary/aromatic N) is 3. The highest BCUT2D eigenvalue weighted by Crippen LogP contribution is 2.36. The number of rotatable bonds is 7. The van der Waals surface area contributed by atoms with E-state index in [4.69, 9.17) is 9.47 Å². The van der Waals surface area contributed by atoms with Crippen molar-refractivity contribution in [3.8, 4) is 11.4 Å². The fourth-order valence-corrected chi connectivity index (χ4v) is 5.85. The van der Waals surface area contributed by atoms with Gasteiger partial charge in [0.1, 0.15) is 22.9 Å². The van der Waals surface area contributed by atoms with Gasteiger partial charge in [-0.3, -0.25) is 9.36 Å². The minimum Gasteiger partial charge on any atom is -0.490 e. The van der Waals surface area contributed by atoms with Crippen molar-refractivity contribution in [1.29, 1.82) is 0 Å². The monoisotopic (exact) mass is 439 g/mol. The quantitative estimate of drug-likeness (QED) is 0.512. The van der Waals surface area contributed by atoms with E-state index in [9.17, 15) is 4.79 Å². The van der Waals surface area contributed by atoms with Gasteiger partial charge in [-0.1, -0.05) is 6.92 Å². The van der Waals surface area contributed by atoms with Gasteiger partial charge in [0.25, 0.3) is 5.56 Å². The van der Waals surface area contributed by atoms with Crippen molar-refractivity contribution in [3.05, 3.63) is 51.9 Å². The smallest absolute Gasteiger partial charge is 0.275 e. The molecule has 2 bridgehead atoms. The summed E-state index contributed by atoms with van der Waals surface area (Å²) in [6.07, 6.45) is 7.63. The zero-order chi connectivity index (χ0) is 21.4. The standard InChI is InChI=1S/C24H29N3O3S/c1-3-10-29-14-21-13-22-23(31-21)24(28)27(15-25-22)16-6-8-19(9-7-16)30-20-11-17-4-5-18(12-20)26(17)2/h6-9,13,15,17-18,20H,3-5,10-12,14H2,1-2H3/t17-,18+,20+. The third kappa shape index (κ3) is 4.14. The predicted octanol–water partition coefficient (Wildman–Crippen LogP) is 4.38. The van der Waals surface area contributed by atoms with Crippen molar-refractivity contribution in [2.45, 2.75) is 63.8 Å². The Hall–Kier alpha value is -2.22. The van der Waals surface area contributed by atoms with Crippen LogP contribution in [-0.4, -0.2) is 46.3 Å². The summed E-state index contributed by atoms with van der Waals surface area (Å²) < 4.78 is 14.2. The molecule has 3 atom stereocenters. The minimum atomic E-state index is -0.0442. The summed E-state index contributed by atoms with van der Waals surface area (Å²) in [5.74, 6) is 0.867. The summed E-state index contributed by atoms with van der Waals surface area (Å²) >= 11 is 1.47. The molecular weight excluding hydrogens is 410 g/mol. The largest absolute Gasteiger partial charge is 0.490 e. The van der Waals surface area contributed by atoms with Gasteiger partial charge in [0.05, 0.1) is 17.8 Å². The van der Waals surface area contributed by atoms with E-state index in [1.807, 2.05) is 30.3 Å². The van der Waals surface area contributed by atoms with E-state index in [1.54, 1.807) is 10.9 Å². The number of fused-ring (bicyclic) bond motifs is 3. The summed E-state index contributed by atoms with van der Waals surface area (Å²) in [5.41, 5.74) is 1.49. The first-order chi connectivity index (χ1) is 15.1. The van der Waals surface area contributed by atoms with E-state index in [0.717, 1.165) is 47.7 Å². The molecule has 0 aliphatic carbocycles. The summed E-state index contributed by atoms with van der Waals surface area (Å²) in [4.78, 5) is 21.1. The van der Waals surface area contributed by atoms with Crippen LogP contribution in [0, 0.1) is 0 Å². The third-order valence-corrected chi connectivity index (χ3v) is 7.64. The van der Waals surface area contributed by atoms with Gasteiger partial charge in [0.15, 0.2) is 0 Å². The van der Waals surface area contributed by atoms with Gasteiger partial charge >= 0.3 is 0 Å². The molecule has 0 spiro atoms. The minimum absolute atomic E-state index is 0.0442. The Morgan fingerprint density at radius 2 is 1.90 bits per heavy atom. The SMILES string of the molecule is CCCOCc1cc2ncn(-c3ccc(O[C@H]4C[C@H]5CC[C@@H](C4)N5C)cc3)c(=O)c2s1. The van der Waals surface area contributed by atoms with Crippen LogP contribution >= 0.6 is 11.3 Å². The molecule has 0 saturated carbocycles. The molecule has 2 saturated heterocycles. The fourth-order valence-electron chi connectivity index (χ4n) is 4.87. The number of hydrogen-bond donors (Lipinski definition) is 0. The van der Waals surface area contributed by atoms with Crippen LogP contribution in [0.5, 0.6) is 5.75 Å². The summed E-state index contributed by atoms with van der Waals surface area (Å²) in [6.45, 7) is 3.33. The van der Waals surface area contributed by atoms with Crippen molar-refractivity contribution >= 4 is 21.6 Å². The predicted molar refractivity (Wildman–Crippen MR) is 123 cm³/mol. The molecule has 0 unspecified atom stereocenters. The molecule has 2 fully saturated rings. The molecule has 1 aromatic carbocycles. The zero-order valence-electron chi connectivity index (χ0n) is 18.1. The van der Waals surface area contributed by atoms with Crippen molar-refractivity contribution in [2.24, 2.45) is 0 Å². The van der Waals surface area contributed by atoms with Gasteiger partial charge in [0, 0.05) is 23.6 Å². The molecule has 4 heterocycles. The lowest BCUT2D eigenvalue weighted by atomic mass is 10.0. The lowest BCUT2D eigenvalue weighted by molar-refractivity contribution is 0.0662. The van der Waals surface area contributed by atoms with Gasteiger partial charge in [-0.05, 0) is 69.5 Å². The molecular formula is C24H29N3O3S. The Bertz CT molecular complexity index is 1090. The van der Waals surface area contributed by atoms with E-state index in [1.165, 1.54) is 24.2 Å². The maximum absolute atomic E-state index is 13.0. The number of piperidine rings is 1. The molecule has 2 aliphatic rings. The highest BCUT2D eigenvalue weighted by Gasteiger charge is 2.39. The maximum atomic E-state index is 13.0. The maximum Gasteiger partial charge on any atom is 0.275 e. The number of aromatic nitrogens is 2. The molecule has 5 rings (SSSR count). The Balaban J connectivity index is 1.31. The topological polar surface area (TPSA) is 56.6 Å². The van der Waals surface area contributed by atoms with E-state index in [0.29, 0.717) is 23.4 Å². The van der Waals surface area contributed by atoms with Gasteiger partial charge in [-0.15, -0.1) is 11.3 Å². The van der Waals surface area contributed by atoms with E-state index < -0.39 is 0 Å². The Labute approximate surface area is 186 Å². The van der Waals surface area contributed by atoms with E-state index in [2.05, 4.69) is 23.9 Å². The third-order valence-electron chi connectivity index (χ3n) is 6.55. The normalized spacial score (nSPS) is 23.5. The molecule has 0 N–H and O–H groups in total. The van der Waals surface area contributed by atoms with Crippen LogP contribution < -0.4 is 10.3 Å². The summed E-state index contributed by atoms with van der Waals surface area (Å²) in [7, 11) is 2.24. The lowest BCUT2D eigenvalue weighted by Crippen LogP contribution is -2.43. The lowest BCUT2D eigenvalue weighted by Gasteiger charge is -2.36. The number of hydrogen-bond acceptors (Lipinski definition) is 6.